The molecular formula is C13H19NO3S. The highest BCUT2D eigenvalue weighted by Gasteiger charge is 2.13. The molecule has 0 bridgehead atoms. The van der Waals surface area contributed by atoms with Gasteiger partial charge in [-0.2, -0.15) is 0 Å². The Morgan fingerprint density at radius 1 is 1.28 bits per heavy atom. The number of carbonyl (C=O) groups is 1. The normalized spacial score (nSPS) is 11.6. The number of carbonyl (C=O) groups excluding carboxylic acids is 1. The fourth-order valence-electron chi connectivity index (χ4n) is 1.63. The van der Waals surface area contributed by atoms with E-state index >= 15 is 0 Å². The summed E-state index contributed by atoms with van der Waals surface area (Å²) in [7, 11) is -3.28. The Morgan fingerprint density at radius 2 is 1.89 bits per heavy atom. The molecule has 0 saturated carbocycles. The van der Waals surface area contributed by atoms with Gasteiger partial charge in [-0.3, -0.25) is 4.79 Å². The molecule has 0 aliphatic carbocycles. The van der Waals surface area contributed by atoms with Gasteiger partial charge in [-0.05, 0) is 31.0 Å². The number of sulfone groups is 1. The van der Waals surface area contributed by atoms with E-state index in [-0.39, 0.29) is 16.8 Å². The topological polar surface area (TPSA) is 63.2 Å². The van der Waals surface area contributed by atoms with E-state index in [1.165, 1.54) is 12.1 Å². The molecule has 0 atom stereocenters. The van der Waals surface area contributed by atoms with E-state index in [1.807, 2.05) is 13.8 Å². The Bertz CT molecular complexity index is 519. The van der Waals surface area contributed by atoms with Crippen molar-refractivity contribution < 1.29 is 13.2 Å². The molecule has 5 heteroatoms. The number of hydrogen-bond acceptors (Lipinski definition) is 3. The van der Waals surface area contributed by atoms with Gasteiger partial charge >= 0.3 is 0 Å². The van der Waals surface area contributed by atoms with Crippen LogP contribution >= 0.6 is 0 Å². The van der Waals surface area contributed by atoms with Gasteiger partial charge in [-0.15, -0.1) is 0 Å². The fraction of sp³-hybridized carbons (Fsp3) is 0.462. The van der Waals surface area contributed by atoms with E-state index in [2.05, 4.69) is 5.32 Å². The Kier molecular flexibility index (Phi) is 4.90. The Labute approximate surface area is 108 Å². The molecule has 1 rings (SSSR count). The maximum atomic E-state index is 11.9. The molecule has 0 fully saturated rings. The minimum atomic E-state index is -3.28. The molecule has 1 aromatic carbocycles. The van der Waals surface area contributed by atoms with Crippen LogP contribution < -0.4 is 5.32 Å². The molecule has 100 valence electrons. The number of benzene rings is 1. The zero-order valence-corrected chi connectivity index (χ0v) is 11.8. The summed E-state index contributed by atoms with van der Waals surface area (Å²) in [5.74, 6) is -0.228. The standard InChI is InChI=1S/C13H19NO3S/c1-4-11(5-2)14-13(15)10-7-6-8-12(9-10)18(3,16)17/h6-9,11H,4-5H2,1-3H3,(H,14,15). The molecule has 4 nitrogen and oxygen atoms in total. The average molecular weight is 269 g/mol. The highest BCUT2D eigenvalue weighted by molar-refractivity contribution is 7.90. The van der Waals surface area contributed by atoms with Crippen LogP contribution in [0.25, 0.3) is 0 Å². The van der Waals surface area contributed by atoms with Gasteiger partial charge < -0.3 is 5.32 Å². The third kappa shape index (κ3) is 3.84. The van der Waals surface area contributed by atoms with Gasteiger partial charge in [0.05, 0.1) is 4.90 Å². The number of nitrogens with one attached hydrogen (secondary N) is 1. The van der Waals surface area contributed by atoms with Crippen LogP contribution in [0, 0.1) is 0 Å². The zero-order valence-electron chi connectivity index (χ0n) is 10.9. The summed E-state index contributed by atoms with van der Waals surface area (Å²) in [5, 5.41) is 2.88. The molecule has 18 heavy (non-hydrogen) atoms. The lowest BCUT2D eigenvalue weighted by Gasteiger charge is -2.14. The molecular weight excluding hydrogens is 250 g/mol. The van der Waals surface area contributed by atoms with E-state index in [0.29, 0.717) is 5.56 Å². The first-order valence-electron chi connectivity index (χ1n) is 5.99. The molecule has 0 unspecified atom stereocenters. The first-order valence-corrected chi connectivity index (χ1v) is 7.88. The van der Waals surface area contributed by atoms with Crippen LogP contribution in [0.3, 0.4) is 0 Å². The lowest BCUT2D eigenvalue weighted by atomic mass is 10.1. The molecule has 1 amide bonds. The molecule has 0 aliphatic heterocycles. The van der Waals surface area contributed by atoms with Crippen molar-refractivity contribution in [2.75, 3.05) is 6.26 Å². The smallest absolute Gasteiger partial charge is 0.251 e. The summed E-state index contributed by atoms with van der Waals surface area (Å²) in [5.41, 5.74) is 0.379. The number of hydrogen-bond donors (Lipinski definition) is 1. The van der Waals surface area contributed by atoms with E-state index in [9.17, 15) is 13.2 Å². The summed E-state index contributed by atoms with van der Waals surface area (Å²) in [6.07, 6.45) is 2.84. The van der Waals surface area contributed by atoms with Crippen molar-refractivity contribution in [3.05, 3.63) is 29.8 Å². The maximum Gasteiger partial charge on any atom is 0.251 e. The summed E-state index contributed by atoms with van der Waals surface area (Å²) in [6, 6.07) is 6.22. The predicted octanol–water partition coefficient (Wildman–Crippen LogP) is 2.01. The van der Waals surface area contributed by atoms with Gasteiger partial charge in [0, 0.05) is 17.9 Å². The quantitative estimate of drug-likeness (QED) is 0.889. The molecule has 1 aromatic rings. The summed E-state index contributed by atoms with van der Waals surface area (Å²) in [6.45, 7) is 4.00. The summed E-state index contributed by atoms with van der Waals surface area (Å²) >= 11 is 0. The van der Waals surface area contributed by atoms with Crippen LogP contribution in [-0.2, 0) is 9.84 Å². The Morgan fingerprint density at radius 3 is 2.39 bits per heavy atom. The fourth-order valence-corrected chi connectivity index (χ4v) is 2.30. The first-order chi connectivity index (χ1) is 8.38. The summed E-state index contributed by atoms with van der Waals surface area (Å²) in [4.78, 5) is 12.1. The highest BCUT2D eigenvalue weighted by Crippen LogP contribution is 2.11. The van der Waals surface area contributed by atoms with Gasteiger partial charge in [-0.25, -0.2) is 8.42 Å². The van der Waals surface area contributed by atoms with Crippen LogP contribution in [-0.4, -0.2) is 26.6 Å². The van der Waals surface area contributed by atoms with Crippen LogP contribution in [0.5, 0.6) is 0 Å². The predicted molar refractivity (Wildman–Crippen MR) is 71.4 cm³/mol. The van der Waals surface area contributed by atoms with E-state index in [0.717, 1.165) is 19.1 Å². The first kappa shape index (κ1) is 14.7. The second kappa shape index (κ2) is 6.00. The second-order valence-corrected chi connectivity index (χ2v) is 6.30. The van der Waals surface area contributed by atoms with Crippen LogP contribution in [0.1, 0.15) is 37.0 Å². The number of rotatable bonds is 5. The molecule has 0 aliphatic rings. The van der Waals surface area contributed by atoms with Crippen LogP contribution in [0.4, 0.5) is 0 Å². The summed E-state index contributed by atoms with van der Waals surface area (Å²) < 4.78 is 22.8. The van der Waals surface area contributed by atoms with Crippen LogP contribution in [0.15, 0.2) is 29.2 Å². The Hall–Kier alpha value is -1.36. The van der Waals surface area contributed by atoms with Gasteiger partial charge in [0.2, 0.25) is 0 Å². The van der Waals surface area contributed by atoms with Crippen LogP contribution in [0.2, 0.25) is 0 Å². The highest BCUT2D eigenvalue weighted by atomic mass is 32.2. The third-order valence-electron chi connectivity index (χ3n) is 2.85. The van der Waals surface area contributed by atoms with E-state index in [4.69, 9.17) is 0 Å². The largest absolute Gasteiger partial charge is 0.349 e. The van der Waals surface area contributed by atoms with Crippen molar-refractivity contribution in [2.45, 2.75) is 37.6 Å². The SMILES string of the molecule is CCC(CC)NC(=O)c1cccc(S(C)(=O)=O)c1. The van der Waals surface area contributed by atoms with Crippen molar-refractivity contribution in [3.8, 4) is 0 Å². The van der Waals surface area contributed by atoms with Gasteiger partial charge in [0.15, 0.2) is 9.84 Å². The zero-order chi connectivity index (χ0) is 13.8. The minimum Gasteiger partial charge on any atom is -0.349 e. The van der Waals surface area contributed by atoms with Crippen molar-refractivity contribution >= 4 is 15.7 Å². The second-order valence-electron chi connectivity index (χ2n) is 4.29. The van der Waals surface area contributed by atoms with Gasteiger partial charge in [-0.1, -0.05) is 19.9 Å². The maximum absolute atomic E-state index is 11.9. The third-order valence-corrected chi connectivity index (χ3v) is 3.96. The molecule has 1 N–H and O–H groups in total. The lowest BCUT2D eigenvalue weighted by molar-refractivity contribution is 0.0934. The molecule has 0 saturated heterocycles. The van der Waals surface area contributed by atoms with Gasteiger partial charge in [0.1, 0.15) is 0 Å². The Balaban J connectivity index is 2.94. The monoisotopic (exact) mass is 269 g/mol. The van der Waals surface area contributed by atoms with Gasteiger partial charge in [0.25, 0.3) is 5.91 Å². The van der Waals surface area contributed by atoms with E-state index < -0.39 is 9.84 Å². The number of amides is 1. The molecule has 0 spiro atoms. The molecule has 0 heterocycles. The van der Waals surface area contributed by atoms with Crippen molar-refractivity contribution in [1.82, 2.24) is 5.32 Å². The van der Waals surface area contributed by atoms with E-state index in [1.54, 1.807) is 12.1 Å². The average Bonchev–Trinajstić information content (AvgIpc) is 2.34. The van der Waals surface area contributed by atoms with Crippen molar-refractivity contribution in [1.29, 1.82) is 0 Å². The van der Waals surface area contributed by atoms with Crippen molar-refractivity contribution in [2.24, 2.45) is 0 Å². The molecule has 0 aromatic heterocycles. The van der Waals surface area contributed by atoms with Crippen molar-refractivity contribution in [3.63, 3.8) is 0 Å². The minimum absolute atomic E-state index is 0.124. The molecule has 0 radical (unpaired) electrons. The lowest BCUT2D eigenvalue weighted by Crippen LogP contribution is -2.33.